The normalized spacial score (nSPS) is 51.7. The number of aliphatic hydroxyl groups is 7. The van der Waals surface area contributed by atoms with Gasteiger partial charge in [0.15, 0.2) is 6.29 Å². The van der Waals surface area contributed by atoms with Crippen molar-refractivity contribution in [3.63, 3.8) is 0 Å². The van der Waals surface area contributed by atoms with E-state index in [0.717, 1.165) is 0 Å². The fraction of sp³-hybridized carbons (Fsp3) is 1.00. The first kappa shape index (κ1) is 18.9. The van der Waals surface area contributed by atoms with Crippen LogP contribution < -0.4 is 0 Å². The zero-order chi connectivity index (χ0) is 17.3. The largest absolute Gasteiger partial charge is 0.394 e. The lowest BCUT2D eigenvalue weighted by atomic mass is 9.95. The van der Waals surface area contributed by atoms with Crippen molar-refractivity contribution < 1.29 is 50.0 Å². The van der Waals surface area contributed by atoms with Gasteiger partial charge in [-0.2, -0.15) is 0 Å². The molecule has 23 heavy (non-hydrogen) atoms. The van der Waals surface area contributed by atoms with Crippen LogP contribution in [0, 0.1) is 0 Å². The maximum absolute atomic E-state index is 10.1. The van der Waals surface area contributed by atoms with Gasteiger partial charge in [-0.3, -0.25) is 0 Å². The lowest BCUT2D eigenvalue weighted by Gasteiger charge is -2.45. The Morgan fingerprint density at radius 1 is 0.739 bits per heavy atom. The second kappa shape index (κ2) is 7.66. The molecule has 0 bridgehead atoms. The lowest BCUT2D eigenvalue weighted by Crippen LogP contribution is -2.64. The molecule has 2 rings (SSSR count). The van der Waals surface area contributed by atoms with Crippen LogP contribution in [0.4, 0.5) is 0 Å². The number of ether oxygens (including phenoxy) is 3. The van der Waals surface area contributed by atoms with E-state index >= 15 is 0 Å². The van der Waals surface area contributed by atoms with Crippen molar-refractivity contribution in [2.24, 2.45) is 0 Å². The maximum Gasteiger partial charge on any atom is 0.187 e. The molecule has 0 aromatic heterocycles. The van der Waals surface area contributed by atoms with Crippen LogP contribution in [0.25, 0.3) is 0 Å². The Labute approximate surface area is 132 Å². The van der Waals surface area contributed by atoms with Crippen LogP contribution in [-0.2, 0) is 14.2 Å². The van der Waals surface area contributed by atoms with Crippen LogP contribution in [0.15, 0.2) is 0 Å². The summed E-state index contributed by atoms with van der Waals surface area (Å²) >= 11 is 0. The van der Waals surface area contributed by atoms with Gasteiger partial charge in [0.2, 0.25) is 0 Å². The molecule has 0 aliphatic carbocycles. The quantitative estimate of drug-likeness (QED) is 0.265. The van der Waals surface area contributed by atoms with Crippen molar-refractivity contribution in [1.82, 2.24) is 0 Å². The Hall–Kier alpha value is -0.400. The van der Waals surface area contributed by atoms with E-state index in [2.05, 4.69) is 0 Å². The molecule has 10 atom stereocenters. The summed E-state index contributed by atoms with van der Waals surface area (Å²) in [5.74, 6) is 0. The minimum absolute atomic E-state index is 0.518. The van der Waals surface area contributed by atoms with Crippen LogP contribution in [0.2, 0.25) is 0 Å². The van der Waals surface area contributed by atoms with E-state index in [0.29, 0.717) is 0 Å². The van der Waals surface area contributed by atoms with Gasteiger partial charge in [0.05, 0.1) is 19.3 Å². The van der Waals surface area contributed by atoms with E-state index < -0.39 is 74.4 Å². The highest BCUT2D eigenvalue weighted by Gasteiger charge is 2.49. The molecule has 0 radical (unpaired) electrons. The summed E-state index contributed by atoms with van der Waals surface area (Å²) in [7, 11) is 0. The highest BCUT2D eigenvalue weighted by Crippen LogP contribution is 2.28. The first-order valence-electron chi connectivity index (χ1n) is 7.40. The fourth-order valence-electron chi connectivity index (χ4n) is 2.78. The van der Waals surface area contributed by atoms with E-state index in [1.807, 2.05) is 0 Å². The van der Waals surface area contributed by atoms with Gasteiger partial charge in [-0.05, 0) is 6.92 Å². The summed E-state index contributed by atoms with van der Waals surface area (Å²) in [6, 6.07) is 0. The van der Waals surface area contributed by atoms with E-state index in [1.54, 1.807) is 0 Å². The van der Waals surface area contributed by atoms with E-state index in [-0.39, 0.29) is 0 Å². The van der Waals surface area contributed by atoms with Crippen LogP contribution in [-0.4, -0.2) is 110 Å². The van der Waals surface area contributed by atoms with Gasteiger partial charge in [-0.25, -0.2) is 0 Å². The topological polar surface area (TPSA) is 169 Å². The molecule has 2 fully saturated rings. The molecule has 2 saturated heterocycles. The number of hydrogen-bond donors (Lipinski definition) is 7. The average molecular weight is 340 g/mol. The Kier molecular flexibility index (Phi) is 6.30. The predicted molar refractivity (Wildman–Crippen MR) is 72.1 cm³/mol. The third kappa shape index (κ3) is 3.66. The van der Waals surface area contributed by atoms with Gasteiger partial charge in [0.1, 0.15) is 48.8 Å². The molecule has 10 heteroatoms. The molecule has 10 nitrogen and oxygen atoms in total. The first-order valence-corrected chi connectivity index (χ1v) is 7.40. The van der Waals surface area contributed by atoms with Crippen LogP contribution >= 0.6 is 0 Å². The smallest absolute Gasteiger partial charge is 0.187 e. The van der Waals surface area contributed by atoms with Gasteiger partial charge in [-0.1, -0.05) is 0 Å². The second-order valence-electron chi connectivity index (χ2n) is 5.84. The molecule has 2 heterocycles. The summed E-state index contributed by atoms with van der Waals surface area (Å²) < 4.78 is 15.9. The van der Waals surface area contributed by atoms with Crippen LogP contribution in [0.5, 0.6) is 0 Å². The monoisotopic (exact) mass is 340 g/mol. The second-order valence-corrected chi connectivity index (χ2v) is 5.84. The lowest BCUT2D eigenvalue weighted by molar-refractivity contribution is -0.341. The molecule has 0 spiro atoms. The number of hydrogen-bond acceptors (Lipinski definition) is 10. The highest BCUT2D eigenvalue weighted by atomic mass is 16.7. The molecular weight excluding hydrogens is 316 g/mol. The van der Waals surface area contributed by atoms with E-state index in [1.165, 1.54) is 6.92 Å². The minimum atomic E-state index is -1.66. The van der Waals surface area contributed by atoms with Crippen molar-refractivity contribution in [3.8, 4) is 0 Å². The van der Waals surface area contributed by atoms with E-state index in [9.17, 15) is 30.6 Å². The zero-order valence-electron chi connectivity index (χ0n) is 12.5. The van der Waals surface area contributed by atoms with Crippen molar-refractivity contribution in [2.75, 3.05) is 13.2 Å². The van der Waals surface area contributed by atoms with Crippen LogP contribution in [0.3, 0.4) is 0 Å². The summed E-state index contributed by atoms with van der Waals surface area (Å²) in [6.45, 7) is 0.369. The first-order chi connectivity index (χ1) is 10.8. The summed E-state index contributed by atoms with van der Waals surface area (Å²) in [5.41, 5.74) is 0. The summed E-state index contributed by atoms with van der Waals surface area (Å²) in [4.78, 5) is 0. The molecule has 0 saturated carbocycles. The molecule has 0 amide bonds. The van der Waals surface area contributed by atoms with Crippen LogP contribution in [0.1, 0.15) is 6.92 Å². The Morgan fingerprint density at radius 3 is 1.91 bits per heavy atom. The van der Waals surface area contributed by atoms with Crippen molar-refractivity contribution >= 4 is 0 Å². The molecular formula is C13H24O10. The van der Waals surface area contributed by atoms with Crippen molar-refractivity contribution in [2.45, 2.75) is 68.1 Å². The highest BCUT2D eigenvalue weighted by molar-refractivity contribution is 4.94. The fourth-order valence-corrected chi connectivity index (χ4v) is 2.78. The molecule has 136 valence electrons. The molecule has 0 aromatic rings. The van der Waals surface area contributed by atoms with Crippen molar-refractivity contribution in [1.29, 1.82) is 0 Å². The van der Waals surface area contributed by atoms with Gasteiger partial charge in [-0.15, -0.1) is 0 Å². The standard InChI is InChI=1S/C13H24O10/c1-4-7(16)10(19)12(6(3-15)21-4)23-13-11(20)9(18)8(17)5(2-14)22-13/h4-20H,2-3H2,1H3/t4?,5?,6?,7-,8-,9-,10+,11?,12-,13+/m1/s1. The summed E-state index contributed by atoms with van der Waals surface area (Å²) in [6.07, 6.45) is -13.2. The third-order valence-electron chi connectivity index (χ3n) is 4.24. The molecule has 4 unspecified atom stereocenters. The van der Waals surface area contributed by atoms with Gasteiger partial charge in [0, 0.05) is 0 Å². The van der Waals surface area contributed by atoms with E-state index in [4.69, 9.17) is 19.3 Å². The molecule has 0 aromatic carbocycles. The van der Waals surface area contributed by atoms with Gasteiger partial charge < -0.3 is 50.0 Å². The average Bonchev–Trinajstić information content (AvgIpc) is 2.55. The third-order valence-corrected chi connectivity index (χ3v) is 4.24. The maximum atomic E-state index is 10.1. The summed E-state index contributed by atoms with van der Waals surface area (Å²) in [5, 5.41) is 67.8. The Balaban J connectivity index is 2.11. The number of aliphatic hydroxyl groups excluding tert-OH is 7. The molecule has 2 aliphatic heterocycles. The molecule has 2 aliphatic rings. The predicted octanol–water partition coefficient (Wildman–Crippen LogP) is -4.33. The SMILES string of the molecule is CC1OC(CO)[C@@H](O[C@@H]2OC(CO)[C@@H](O)[C@@H](O)C2O)[C@@H](O)[C@@H]1O. The van der Waals surface area contributed by atoms with Gasteiger partial charge in [0.25, 0.3) is 0 Å². The minimum Gasteiger partial charge on any atom is -0.394 e. The number of rotatable bonds is 4. The zero-order valence-corrected chi connectivity index (χ0v) is 12.5. The van der Waals surface area contributed by atoms with Crippen molar-refractivity contribution in [3.05, 3.63) is 0 Å². The van der Waals surface area contributed by atoms with Gasteiger partial charge >= 0.3 is 0 Å². The Morgan fingerprint density at radius 2 is 1.35 bits per heavy atom. The Bertz CT molecular complexity index is 378. The molecule has 7 N–H and O–H groups in total.